The van der Waals surface area contributed by atoms with Crippen LogP contribution in [-0.2, 0) is 11.8 Å². The average molecular weight is 345 g/mol. The second-order valence-corrected chi connectivity index (χ2v) is 5.40. The van der Waals surface area contributed by atoms with Gasteiger partial charge in [0.25, 0.3) is 0 Å². The van der Waals surface area contributed by atoms with E-state index >= 15 is 0 Å². The molecule has 3 rings (SSSR count). The fourth-order valence-electron chi connectivity index (χ4n) is 2.49. The van der Waals surface area contributed by atoms with Crippen molar-refractivity contribution in [2.45, 2.75) is 25.6 Å². The van der Waals surface area contributed by atoms with Crippen LogP contribution in [0.2, 0.25) is 0 Å². The highest BCUT2D eigenvalue weighted by molar-refractivity contribution is 9.08. The Kier molecular flexibility index (Phi) is 3.92. The molecule has 0 aliphatic carbocycles. The van der Waals surface area contributed by atoms with Crippen LogP contribution in [-0.4, -0.2) is 19.3 Å². The molecular weight excluding hydrogens is 328 g/mol. The fourth-order valence-corrected chi connectivity index (χ4v) is 3.15. The Hall–Kier alpha value is -1.88. The molecule has 5 heteroatoms. The summed E-state index contributed by atoms with van der Waals surface area (Å²) in [5.41, 5.74) is 3.27. The van der Waals surface area contributed by atoms with Crippen LogP contribution < -0.4 is 0 Å². The minimum Gasteiger partial charge on any atom is -0.288 e. The second-order valence-electron chi connectivity index (χ2n) is 4.84. The van der Waals surface area contributed by atoms with Crippen molar-refractivity contribution in [2.75, 3.05) is 0 Å². The summed E-state index contributed by atoms with van der Waals surface area (Å²) in [5.74, 6) is 2.10. The number of hydrogen-bond acceptors (Lipinski definition) is 2. The van der Waals surface area contributed by atoms with Crippen LogP contribution in [0.4, 0.5) is 0 Å². The minimum atomic E-state index is 0.766. The summed E-state index contributed by atoms with van der Waals surface area (Å²) in [6.45, 7) is 4.16. The summed E-state index contributed by atoms with van der Waals surface area (Å²) in [6, 6.07) is 10.2. The molecule has 108 valence electrons. The van der Waals surface area contributed by atoms with Crippen molar-refractivity contribution in [3.63, 3.8) is 0 Å². The predicted octanol–water partition coefficient (Wildman–Crippen LogP) is 3.82. The Morgan fingerprint density at radius 1 is 1.19 bits per heavy atom. The Balaban J connectivity index is 2.27. The van der Waals surface area contributed by atoms with Crippen LogP contribution in [0.15, 0.2) is 42.7 Å². The lowest BCUT2D eigenvalue weighted by Crippen LogP contribution is -2.09. The molecule has 0 radical (unpaired) electrons. The standard InChI is InChI=1S/C16H17BrN4/c1-3-15-18-9-10-20(15)16-14(11-17)12(2)19-21(16)13-7-5-4-6-8-13/h4-10H,3,11H2,1-2H3. The summed E-state index contributed by atoms with van der Waals surface area (Å²) < 4.78 is 4.12. The lowest BCUT2D eigenvalue weighted by molar-refractivity contribution is 0.780. The molecule has 21 heavy (non-hydrogen) atoms. The normalized spacial score (nSPS) is 11.0. The van der Waals surface area contributed by atoms with E-state index in [0.717, 1.165) is 34.8 Å². The molecule has 1 aromatic carbocycles. The SMILES string of the molecule is CCc1nccn1-c1c(CBr)c(C)nn1-c1ccccc1. The molecule has 3 aromatic rings. The monoisotopic (exact) mass is 344 g/mol. The van der Waals surface area contributed by atoms with Crippen LogP contribution in [0.3, 0.4) is 0 Å². The van der Waals surface area contributed by atoms with Gasteiger partial charge in [-0.1, -0.05) is 41.1 Å². The van der Waals surface area contributed by atoms with E-state index < -0.39 is 0 Å². The van der Waals surface area contributed by atoms with Crippen LogP contribution in [0, 0.1) is 6.92 Å². The summed E-state index contributed by atoms with van der Waals surface area (Å²) in [6.07, 6.45) is 4.73. The van der Waals surface area contributed by atoms with E-state index in [1.54, 1.807) is 0 Å². The molecule has 0 aliphatic heterocycles. The second kappa shape index (κ2) is 5.85. The first-order chi connectivity index (χ1) is 10.3. The molecular formula is C16H17BrN4. The van der Waals surface area contributed by atoms with E-state index in [4.69, 9.17) is 5.10 Å². The third-order valence-electron chi connectivity index (χ3n) is 3.55. The Labute approximate surface area is 132 Å². The van der Waals surface area contributed by atoms with E-state index in [-0.39, 0.29) is 0 Å². The summed E-state index contributed by atoms with van der Waals surface area (Å²) in [7, 11) is 0. The summed E-state index contributed by atoms with van der Waals surface area (Å²) in [5, 5.41) is 5.49. The molecule has 2 heterocycles. The number of aryl methyl sites for hydroxylation is 2. The lowest BCUT2D eigenvalue weighted by atomic mass is 10.2. The molecule has 4 nitrogen and oxygen atoms in total. The Morgan fingerprint density at radius 2 is 1.95 bits per heavy atom. The number of halogens is 1. The van der Waals surface area contributed by atoms with Crippen molar-refractivity contribution in [1.29, 1.82) is 0 Å². The number of nitrogens with zero attached hydrogens (tertiary/aromatic N) is 4. The van der Waals surface area contributed by atoms with Crippen molar-refractivity contribution >= 4 is 15.9 Å². The topological polar surface area (TPSA) is 35.6 Å². The number of benzene rings is 1. The molecule has 0 atom stereocenters. The van der Waals surface area contributed by atoms with Gasteiger partial charge in [0.15, 0.2) is 0 Å². The molecule has 2 aromatic heterocycles. The molecule has 0 N–H and O–H groups in total. The molecule has 0 fully saturated rings. The number of aromatic nitrogens is 4. The highest BCUT2D eigenvalue weighted by Crippen LogP contribution is 2.25. The van der Waals surface area contributed by atoms with Crippen LogP contribution in [0.25, 0.3) is 11.5 Å². The maximum atomic E-state index is 4.72. The van der Waals surface area contributed by atoms with Gasteiger partial charge >= 0.3 is 0 Å². The first-order valence-electron chi connectivity index (χ1n) is 6.98. The number of imidazole rings is 1. The van der Waals surface area contributed by atoms with Gasteiger partial charge in [-0.05, 0) is 19.1 Å². The maximum Gasteiger partial charge on any atom is 0.146 e. The Bertz CT molecular complexity index is 743. The van der Waals surface area contributed by atoms with E-state index in [9.17, 15) is 0 Å². The zero-order valence-electron chi connectivity index (χ0n) is 12.1. The van der Waals surface area contributed by atoms with Crippen LogP contribution >= 0.6 is 15.9 Å². The van der Waals surface area contributed by atoms with Gasteiger partial charge < -0.3 is 0 Å². The number of rotatable bonds is 4. The largest absolute Gasteiger partial charge is 0.288 e. The van der Waals surface area contributed by atoms with Crippen molar-refractivity contribution in [3.05, 3.63) is 59.8 Å². The van der Waals surface area contributed by atoms with E-state index in [0.29, 0.717) is 0 Å². The molecule has 0 bridgehead atoms. The molecule has 0 saturated carbocycles. The van der Waals surface area contributed by atoms with Gasteiger partial charge in [-0.2, -0.15) is 5.10 Å². The number of hydrogen-bond donors (Lipinski definition) is 0. The highest BCUT2D eigenvalue weighted by atomic mass is 79.9. The fraction of sp³-hybridized carbons (Fsp3) is 0.250. The van der Waals surface area contributed by atoms with E-state index in [1.807, 2.05) is 42.2 Å². The number of alkyl halides is 1. The lowest BCUT2D eigenvalue weighted by Gasteiger charge is -2.12. The average Bonchev–Trinajstić information content (AvgIpc) is 3.11. The quantitative estimate of drug-likeness (QED) is 0.674. The first kappa shape index (κ1) is 14.1. The van der Waals surface area contributed by atoms with Crippen LogP contribution in [0.1, 0.15) is 24.0 Å². The zero-order chi connectivity index (χ0) is 14.8. The van der Waals surface area contributed by atoms with Crippen molar-refractivity contribution < 1.29 is 0 Å². The predicted molar refractivity (Wildman–Crippen MR) is 87.4 cm³/mol. The zero-order valence-corrected chi connectivity index (χ0v) is 13.7. The van der Waals surface area contributed by atoms with Gasteiger partial charge in [0, 0.05) is 29.7 Å². The van der Waals surface area contributed by atoms with Gasteiger partial charge in [0.05, 0.1) is 11.4 Å². The first-order valence-corrected chi connectivity index (χ1v) is 8.10. The summed E-state index contributed by atoms with van der Waals surface area (Å²) in [4.78, 5) is 4.44. The van der Waals surface area contributed by atoms with Crippen LogP contribution in [0.5, 0.6) is 0 Å². The van der Waals surface area contributed by atoms with Gasteiger partial charge in [0.1, 0.15) is 11.6 Å². The third kappa shape index (κ3) is 2.42. The van der Waals surface area contributed by atoms with Gasteiger partial charge in [-0.25, -0.2) is 9.67 Å². The van der Waals surface area contributed by atoms with Gasteiger partial charge in [0.2, 0.25) is 0 Å². The van der Waals surface area contributed by atoms with Gasteiger partial charge in [-0.3, -0.25) is 4.57 Å². The molecule has 0 saturated heterocycles. The van der Waals surface area contributed by atoms with E-state index in [2.05, 4.69) is 44.5 Å². The maximum absolute atomic E-state index is 4.72. The van der Waals surface area contributed by atoms with E-state index in [1.165, 1.54) is 5.56 Å². The van der Waals surface area contributed by atoms with Crippen molar-refractivity contribution in [2.24, 2.45) is 0 Å². The third-order valence-corrected chi connectivity index (χ3v) is 4.11. The van der Waals surface area contributed by atoms with Crippen molar-refractivity contribution in [1.82, 2.24) is 19.3 Å². The number of para-hydroxylation sites is 1. The Morgan fingerprint density at radius 3 is 2.62 bits per heavy atom. The smallest absolute Gasteiger partial charge is 0.146 e. The molecule has 0 unspecified atom stereocenters. The molecule has 0 amide bonds. The summed E-state index contributed by atoms with van der Waals surface area (Å²) >= 11 is 3.59. The highest BCUT2D eigenvalue weighted by Gasteiger charge is 2.18. The molecule has 0 aliphatic rings. The molecule has 0 spiro atoms. The minimum absolute atomic E-state index is 0.766. The van der Waals surface area contributed by atoms with Gasteiger partial charge in [-0.15, -0.1) is 0 Å². The van der Waals surface area contributed by atoms with Crippen molar-refractivity contribution in [3.8, 4) is 11.5 Å².